The lowest BCUT2D eigenvalue weighted by atomic mass is 10.2. The number of benzene rings is 1. The lowest BCUT2D eigenvalue weighted by Crippen LogP contribution is -1.99. The van der Waals surface area contributed by atoms with Crippen LogP contribution in [-0.4, -0.2) is 25.7 Å². The van der Waals surface area contributed by atoms with Crippen molar-refractivity contribution in [1.82, 2.24) is 9.55 Å². The summed E-state index contributed by atoms with van der Waals surface area (Å²) in [4.78, 5) is 14.8. The predicted octanol–water partition coefficient (Wildman–Crippen LogP) is 1.42. The topological polar surface area (TPSA) is 75.4 Å². The number of aryl methyl sites for hydroxylation is 1. The van der Waals surface area contributed by atoms with E-state index >= 15 is 0 Å². The summed E-state index contributed by atoms with van der Waals surface area (Å²) in [5, 5.41) is 17.9. The Hall–Kier alpha value is -2.30. The SMILES string of the molecule is Cn1cc(CC(=O)O)nc1-c1ccc(O)cc1. The van der Waals surface area contributed by atoms with E-state index in [-0.39, 0.29) is 12.2 Å². The second-order valence-corrected chi connectivity index (χ2v) is 3.78. The van der Waals surface area contributed by atoms with Gasteiger partial charge in [-0.15, -0.1) is 0 Å². The molecular formula is C12H12N2O3. The predicted molar refractivity (Wildman–Crippen MR) is 61.6 cm³/mol. The maximum atomic E-state index is 10.6. The summed E-state index contributed by atoms with van der Waals surface area (Å²) >= 11 is 0. The van der Waals surface area contributed by atoms with Crippen molar-refractivity contribution < 1.29 is 15.0 Å². The number of phenolic OH excluding ortho intramolecular Hbond substituents is 1. The Morgan fingerprint density at radius 3 is 2.59 bits per heavy atom. The van der Waals surface area contributed by atoms with E-state index in [1.165, 1.54) is 0 Å². The van der Waals surface area contributed by atoms with Gasteiger partial charge in [0, 0.05) is 18.8 Å². The van der Waals surface area contributed by atoms with Crippen LogP contribution in [0.2, 0.25) is 0 Å². The number of carbonyl (C=O) groups is 1. The van der Waals surface area contributed by atoms with Crippen molar-refractivity contribution in [2.75, 3.05) is 0 Å². The Labute approximate surface area is 98.0 Å². The van der Waals surface area contributed by atoms with Crippen LogP contribution in [0.3, 0.4) is 0 Å². The molecule has 88 valence electrons. The molecule has 17 heavy (non-hydrogen) atoms. The zero-order valence-corrected chi connectivity index (χ0v) is 9.29. The molecule has 1 heterocycles. The highest BCUT2D eigenvalue weighted by molar-refractivity contribution is 5.70. The molecule has 0 fully saturated rings. The van der Waals surface area contributed by atoms with Crippen LogP contribution in [0.25, 0.3) is 11.4 Å². The zero-order chi connectivity index (χ0) is 12.4. The van der Waals surface area contributed by atoms with E-state index in [2.05, 4.69) is 4.98 Å². The van der Waals surface area contributed by atoms with Crippen molar-refractivity contribution in [3.05, 3.63) is 36.2 Å². The highest BCUT2D eigenvalue weighted by Crippen LogP contribution is 2.20. The first-order chi connectivity index (χ1) is 8.06. The van der Waals surface area contributed by atoms with Gasteiger partial charge in [0.2, 0.25) is 0 Å². The standard InChI is InChI=1S/C12H12N2O3/c1-14-7-9(6-11(16)17)13-12(14)8-2-4-10(15)5-3-8/h2-5,7,15H,6H2,1H3,(H,16,17). The number of hydrogen-bond acceptors (Lipinski definition) is 3. The van der Waals surface area contributed by atoms with Gasteiger partial charge < -0.3 is 14.8 Å². The van der Waals surface area contributed by atoms with Crippen molar-refractivity contribution in [3.8, 4) is 17.1 Å². The summed E-state index contributed by atoms with van der Waals surface area (Å²) in [6.45, 7) is 0. The van der Waals surface area contributed by atoms with Gasteiger partial charge in [0.25, 0.3) is 0 Å². The van der Waals surface area contributed by atoms with Gasteiger partial charge in [-0.2, -0.15) is 0 Å². The number of carboxylic acid groups (broad SMARTS) is 1. The number of phenols is 1. The van der Waals surface area contributed by atoms with E-state index < -0.39 is 5.97 Å². The largest absolute Gasteiger partial charge is 0.508 e. The number of imidazole rings is 1. The maximum absolute atomic E-state index is 10.6. The van der Waals surface area contributed by atoms with Crippen molar-refractivity contribution in [2.24, 2.45) is 7.05 Å². The van der Waals surface area contributed by atoms with Crippen LogP contribution in [0.15, 0.2) is 30.5 Å². The molecule has 0 spiro atoms. The van der Waals surface area contributed by atoms with E-state index in [0.29, 0.717) is 11.5 Å². The first kappa shape index (κ1) is 11.2. The molecule has 2 aromatic rings. The number of nitrogens with zero attached hydrogens (tertiary/aromatic N) is 2. The molecular weight excluding hydrogens is 220 g/mol. The number of hydrogen-bond donors (Lipinski definition) is 2. The summed E-state index contributed by atoms with van der Waals surface area (Å²) in [5.74, 6) is -0.0321. The second kappa shape index (κ2) is 4.29. The smallest absolute Gasteiger partial charge is 0.309 e. The molecule has 0 saturated heterocycles. The average molecular weight is 232 g/mol. The summed E-state index contributed by atoms with van der Waals surface area (Å²) in [6.07, 6.45) is 1.60. The van der Waals surface area contributed by atoms with Crippen molar-refractivity contribution in [3.63, 3.8) is 0 Å². The highest BCUT2D eigenvalue weighted by atomic mass is 16.4. The molecule has 0 radical (unpaired) electrons. The third-order valence-corrected chi connectivity index (χ3v) is 2.38. The van der Waals surface area contributed by atoms with Gasteiger partial charge in [-0.1, -0.05) is 0 Å². The molecule has 1 aromatic heterocycles. The van der Waals surface area contributed by atoms with Crippen molar-refractivity contribution in [2.45, 2.75) is 6.42 Å². The van der Waals surface area contributed by atoms with Gasteiger partial charge >= 0.3 is 5.97 Å². The van der Waals surface area contributed by atoms with Crippen LogP contribution in [0.4, 0.5) is 0 Å². The van der Waals surface area contributed by atoms with Crippen LogP contribution in [0.5, 0.6) is 5.75 Å². The lowest BCUT2D eigenvalue weighted by molar-refractivity contribution is -0.136. The number of aromatic hydroxyl groups is 1. The van der Waals surface area contributed by atoms with Gasteiger partial charge in [0.15, 0.2) is 0 Å². The summed E-state index contributed by atoms with van der Waals surface area (Å²) < 4.78 is 1.77. The molecule has 0 aliphatic heterocycles. The Balaban J connectivity index is 2.35. The molecule has 2 rings (SSSR count). The Kier molecular flexibility index (Phi) is 2.82. The minimum absolute atomic E-state index is 0.0913. The fourth-order valence-corrected chi connectivity index (χ4v) is 1.65. The number of rotatable bonds is 3. The molecule has 1 aromatic carbocycles. The van der Waals surface area contributed by atoms with E-state index in [4.69, 9.17) is 5.11 Å². The molecule has 0 bridgehead atoms. The fourth-order valence-electron chi connectivity index (χ4n) is 1.65. The number of aliphatic carboxylic acids is 1. The Morgan fingerprint density at radius 1 is 1.35 bits per heavy atom. The van der Waals surface area contributed by atoms with Gasteiger partial charge in [0.1, 0.15) is 11.6 Å². The Bertz CT molecular complexity index is 543. The van der Waals surface area contributed by atoms with Gasteiger partial charge in [-0.25, -0.2) is 4.98 Å². The number of aromatic nitrogens is 2. The molecule has 0 atom stereocenters. The van der Waals surface area contributed by atoms with Crippen LogP contribution in [-0.2, 0) is 18.3 Å². The third kappa shape index (κ3) is 2.44. The van der Waals surface area contributed by atoms with Crippen LogP contribution in [0, 0.1) is 0 Å². The first-order valence-corrected chi connectivity index (χ1v) is 5.09. The van der Waals surface area contributed by atoms with Gasteiger partial charge in [0.05, 0.1) is 12.1 Å². The van der Waals surface area contributed by atoms with Crippen LogP contribution >= 0.6 is 0 Å². The molecule has 0 unspecified atom stereocenters. The zero-order valence-electron chi connectivity index (χ0n) is 9.29. The monoisotopic (exact) mass is 232 g/mol. The minimum Gasteiger partial charge on any atom is -0.508 e. The van der Waals surface area contributed by atoms with Crippen LogP contribution in [0.1, 0.15) is 5.69 Å². The average Bonchev–Trinajstić information content (AvgIpc) is 2.59. The Morgan fingerprint density at radius 2 is 2.00 bits per heavy atom. The van der Waals surface area contributed by atoms with E-state index in [1.54, 1.807) is 42.1 Å². The third-order valence-electron chi connectivity index (χ3n) is 2.38. The van der Waals surface area contributed by atoms with Gasteiger partial charge in [-0.3, -0.25) is 4.79 Å². The molecule has 0 amide bonds. The molecule has 5 heteroatoms. The first-order valence-electron chi connectivity index (χ1n) is 5.09. The number of carboxylic acids is 1. The molecule has 2 N–H and O–H groups in total. The van der Waals surface area contributed by atoms with E-state index in [1.807, 2.05) is 0 Å². The summed E-state index contributed by atoms with van der Waals surface area (Å²) in [5.41, 5.74) is 1.35. The maximum Gasteiger partial charge on any atom is 0.309 e. The highest BCUT2D eigenvalue weighted by Gasteiger charge is 2.10. The summed E-state index contributed by atoms with van der Waals surface area (Å²) in [6, 6.07) is 6.62. The molecule has 0 saturated carbocycles. The fraction of sp³-hybridized carbons (Fsp3) is 0.167. The van der Waals surface area contributed by atoms with Crippen molar-refractivity contribution >= 4 is 5.97 Å². The molecule has 0 aliphatic rings. The summed E-state index contributed by atoms with van der Waals surface area (Å²) in [7, 11) is 1.81. The normalized spacial score (nSPS) is 10.4. The van der Waals surface area contributed by atoms with E-state index in [9.17, 15) is 9.90 Å². The lowest BCUT2D eigenvalue weighted by Gasteiger charge is -2.00. The molecule has 0 aliphatic carbocycles. The minimum atomic E-state index is -0.902. The van der Waals surface area contributed by atoms with Crippen LogP contribution < -0.4 is 0 Å². The quantitative estimate of drug-likeness (QED) is 0.839. The molecule has 5 nitrogen and oxygen atoms in total. The van der Waals surface area contributed by atoms with Crippen molar-refractivity contribution in [1.29, 1.82) is 0 Å². The second-order valence-electron chi connectivity index (χ2n) is 3.78. The van der Waals surface area contributed by atoms with E-state index in [0.717, 1.165) is 5.56 Å². The van der Waals surface area contributed by atoms with Gasteiger partial charge in [-0.05, 0) is 24.3 Å².